The quantitative estimate of drug-likeness (QED) is 0.595. The molecule has 0 saturated carbocycles. The van der Waals surface area contributed by atoms with Crippen LogP contribution in [0, 0.1) is 0 Å². The highest BCUT2D eigenvalue weighted by Crippen LogP contribution is 2.17. The van der Waals surface area contributed by atoms with Crippen molar-refractivity contribution in [3.63, 3.8) is 0 Å². The second kappa shape index (κ2) is 9.64. The second-order valence-corrected chi connectivity index (χ2v) is 6.22. The molecule has 6 heteroatoms. The third kappa shape index (κ3) is 5.76. The van der Waals surface area contributed by atoms with Crippen molar-refractivity contribution in [2.45, 2.75) is 19.5 Å². The summed E-state index contributed by atoms with van der Waals surface area (Å²) in [5.74, 6) is 2.42. The fraction of sp³-hybridized carbons (Fsp3) is 0.286. The summed E-state index contributed by atoms with van der Waals surface area (Å²) in [6.45, 7) is 1.88. The van der Waals surface area contributed by atoms with Gasteiger partial charge in [0.25, 0.3) is 0 Å². The molecule has 1 N–H and O–H groups in total. The number of carbonyl (C=O) groups is 1. The van der Waals surface area contributed by atoms with Gasteiger partial charge in [0.1, 0.15) is 17.3 Å². The average Bonchev–Trinajstić information content (AvgIpc) is 3.36. The van der Waals surface area contributed by atoms with Crippen molar-refractivity contribution in [1.29, 1.82) is 0 Å². The predicted octanol–water partition coefficient (Wildman–Crippen LogP) is 3.24. The highest BCUT2D eigenvalue weighted by Gasteiger charge is 2.14. The molecule has 142 valence electrons. The maximum Gasteiger partial charge on any atom is 0.234 e. The molecular formula is C21H24N2O4. The standard InChI is InChI=1S/C21H24N2O4/c1-25-20-9-3-2-6-17(20)10-11-22-21(24)16-23(14-18-7-4-12-26-18)15-19-8-5-13-27-19/h2-9,12-13H,10-11,14-16H2,1H3,(H,22,24). The normalized spacial score (nSPS) is 10.9. The van der Waals surface area contributed by atoms with Crippen LogP contribution in [0.2, 0.25) is 0 Å². The Labute approximate surface area is 158 Å². The van der Waals surface area contributed by atoms with E-state index in [0.717, 1.165) is 22.8 Å². The summed E-state index contributed by atoms with van der Waals surface area (Å²) in [5, 5.41) is 2.97. The smallest absolute Gasteiger partial charge is 0.234 e. The molecule has 0 aliphatic carbocycles. The van der Waals surface area contributed by atoms with Gasteiger partial charge in [0.2, 0.25) is 5.91 Å². The van der Waals surface area contributed by atoms with Crippen molar-refractivity contribution in [1.82, 2.24) is 10.2 Å². The molecule has 0 saturated heterocycles. The number of furan rings is 2. The highest BCUT2D eigenvalue weighted by molar-refractivity contribution is 5.78. The molecule has 0 aliphatic heterocycles. The lowest BCUT2D eigenvalue weighted by atomic mass is 10.1. The minimum absolute atomic E-state index is 0.0389. The van der Waals surface area contributed by atoms with Gasteiger partial charge in [-0.3, -0.25) is 9.69 Å². The van der Waals surface area contributed by atoms with E-state index in [1.54, 1.807) is 19.6 Å². The van der Waals surface area contributed by atoms with Crippen molar-refractivity contribution in [3.8, 4) is 5.75 Å². The maximum absolute atomic E-state index is 12.4. The highest BCUT2D eigenvalue weighted by atomic mass is 16.5. The molecule has 0 unspecified atom stereocenters. The molecule has 2 aromatic heterocycles. The zero-order valence-electron chi connectivity index (χ0n) is 15.4. The van der Waals surface area contributed by atoms with Crippen LogP contribution in [0.4, 0.5) is 0 Å². The van der Waals surface area contributed by atoms with E-state index in [0.29, 0.717) is 26.1 Å². The molecule has 0 bridgehead atoms. The van der Waals surface area contributed by atoms with Gasteiger partial charge in [-0.25, -0.2) is 0 Å². The Balaban J connectivity index is 1.52. The van der Waals surface area contributed by atoms with Crippen LogP contribution in [-0.4, -0.2) is 31.0 Å². The van der Waals surface area contributed by atoms with E-state index < -0.39 is 0 Å². The number of benzene rings is 1. The van der Waals surface area contributed by atoms with Gasteiger partial charge in [-0.05, 0) is 42.3 Å². The summed E-state index contributed by atoms with van der Waals surface area (Å²) >= 11 is 0. The van der Waals surface area contributed by atoms with Crippen molar-refractivity contribution >= 4 is 5.91 Å². The maximum atomic E-state index is 12.4. The molecule has 1 aromatic carbocycles. The molecule has 0 radical (unpaired) electrons. The molecule has 2 heterocycles. The molecule has 6 nitrogen and oxygen atoms in total. The van der Waals surface area contributed by atoms with Gasteiger partial charge < -0.3 is 18.9 Å². The van der Waals surface area contributed by atoms with Crippen molar-refractivity contribution < 1.29 is 18.4 Å². The van der Waals surface area contributed by atoms with Crippen molar-refractivity contribution in [2.24, 2.45) is 0 Å². The van der Waals surface area contributed by atoms with E-state index >= 15 is 0 Å². The number of hydrogen-bond donors (Lipinski definition) is 1. The molecule has 27 heavy (non-hydrogen) atoms. The summed E-state index contributed by atoms with van der Waals surface area (Å²) in [6.07, 6.45) is 3.98. The number of methoxy groups -OCH3 is 1. The lowest BCUT2D eigenvalue weighted by molar-refractivity contribution is -0.122. The van der Waals surface area contributed by atoms with Gasteiger partial charge in [0.15, 0.2) is 0 Å². The molecule has 0 atom stereocenters. The van der Waals surface area contributed by atoms with E-state index in [2.05, 4.69) is 5.32 Å². The molecule has 0 aliphatic rings. The Morgan fingerprint density at radius 3 is 2.26 bits per heavy atom. The number of ether oxygens (including phenoxy) is 1. The number of carbonyl (C=O) groups excluding carboxylic acids is 1. The Hall–Kier alpha value is -2.99. The van der Waals surface area contributed by atoms with Crippen LogP contribution in [0.15, 0.2) is 69.9 Å². The first-order valence-corrected chi connectivity index (χ1v) is 8.90. The first-order valence-electron chi connectivity index (χ1n) is 8.90. The summed E-state index contributed by atoms with van der Waals surface area (Å²) in [7, 11) is 1.65. The number of hydrogen-bond acceptors (Lipinski definition) is 5. The number of amides is 1. The summed E-state index contributed by atoms with van der Waals surface area (Å²) in [4.78, 5) is 14.4. The molecular weight excluding hydrogens is 344 g/mol. The fourth-order valence-electron chi connectivity index (χ4n) is 2.92. The fourth-order valence-corrected chi connectivity index (χ4v) is 2.92. The van der Waals surface area contributed by atoms with Gasteiger partial charge in [-0.1, -0.05) is 18.2 Å². The minimum Gasteiger partial charge on any atom is -0.496 e. The van der Waals surface area contributed by atoms with Crippen molar-refractivity contribution in [2.75, 3.05) is 20.2 Å². The van der Waals surface area contributed by atoms with Crippen LogP contribution < -0.4 is 10.1 Å². The topological polar surface area (TPSA) is 67.8 Å². The number of nitrogens with zero attached hydrogens (tertiary/aromatic N) is 1. The van der Waals surface area contributed by atoms with Gasteiger partial charge in [-0.15, -0.1) is 0 Å². The summed E-state index contributed by atoms with van der Waals surface area (Å²) in [6, 6.07) is 15.3. The lowest BCUT2D eigenvalue weighted by Crippen LogP contribution is -2.37. The largest absolute Gasteiger partial charge is 0.496 e. The molecule has 0 fully saturated rings. The number of rotatable bonds is 10. The lowest BCUT2D eigenvalue weighted by Gasteiger charge is -2.19. The van der Waals surface area contributed by atoms with Crippen molar-refractivity contribution in [3.05, 3.63) is 78.1 Å². The van der Waals surface area contributed by atoms with Gasteiger partial charge >= 0.3 is 0 Å². The SMILES string of the molecule is COc1ccccc1CCNC(=O)CN(Cc1ccco1)Cc1ccco1. The molecule has 0 spiro atoms. The molecule has 3 aromatic rings. The predicted molar refractivity (Wildman–Crippen MR) is 101 cm³/mol. The zero-order chi connectivity index (χ0) is 18.9. The Kier molecular flexibility index (Phi) is 6.71. The third-order valence-electron chi connectivity index (χ3n) is 4.20. The van der Waals surface area contributed by atoms with Crippen LogP contribution in [0.5, 0.6) is 5.75 Å². The Morgan fingerprint density at radius 1 is 1.00 bits per heavy atom. The van der Waals surface area contributed by atoms with Crippen LogP contribution >= 0.6 is 0 Å². The van der Waals surface area contributed by atoms with E-state index in [-0.39, 0.29) is 12.5 Å². The van der Waals surface area contributed by atoms with Gasteiger partial charge in [0, 0.05) is 6.54 Å². The second-order valence-electron chi connectivity index (χ2n) is 6.22. The molecule has 1 amide bonds. The van der Waals surface area contributed by atoms with Crippen LogP contribution in [0.3, 0.4) is 0 Å². The van der Waals surface area contributed by atoms with E-state index in [9.17, 15) is 4.79 Å². The molecule has 3 rings (SSSR count). The van der Waals surface area contributed by atoms with Gasteiger partial charge in [-0.2, -0.15) is 0 Å². The third-order valence-corrected chi connectivity index (χ3v) is 4.20. The first kappa shape index (κ1) is 18.8. The van der Waals surface area contributed by atoms with Crippen LogP contribution in [-0.2, 0) is 24.3 Å². The van der Waals surface area contributed by atoms with E-state index in [1.165, 1.54) is 0 Å². The summed E-state index contributed by atoms with van der Waals surface area (Å²) in [5.41, 5.74) is 1.07. The monoisotopic (exact) mass is 368 g/mol. The van der Waals surface area contributed by atoms with Gasteiger partial charge in [0.05, 0.1) is 39.3 Å². The number of nitrogens with one attached hydrogen (secondary N) is 1. The van der Waals surface area contributed by atoms with Crippen LogP contribution in [0.1, 0.15) is 17.1 Å². The minimum atomic E-state index is -0.0389. The van der Waals surface area contributed by atoms with E-state index in [4.69, 9.17) is 13.6 Å². The number of para-hydroxylation sites is 1. The van der Waals surface area contributed by atoms with E-state index in [1.807, 2.05) is 53.4 Å². The first-order chi connectivity index (χ1) is 13.2. The van der Waals surface area contributed by atoms with Crippen LogP contribution in [0.25, 0.3) is 0 Å². The average molecular weight is 368 g/mol. The zero-order valence-corrected chi connectivity index (χ0v) is 15.4. The summed E-state index contributed by atoms with van der Waals surface area (Å²) < 4.78 is 16.2. The Bertz CT molecular complexity index is 776. The Morgan fingerprint density at radius 2 is 1.67 bits per heavy atom.